The van der Waals surface area contributed by atoms with Crippen LogP contribution in [0.4, 0.5) is 5.69 Å². The molecule has 1 amide bonds. The van der Waals surface area contributed by atoms with Gasteiger partial charge >= 0.3 is 0 Å². The van der Waals surface area contributed by atoms with E-state index in [1.807, 2.05) is 18.4 Å². The fraction of sp³-hybridized carbons (Fsp3) is 0.421. The molecule has 2 heterocycles. The van der Waals surface area contributed by atoms with Crippen LogP contribution in [0.15, 0.2) is 40.6 Å². The van der Waals surface area contributed by atoms with Crippen molar-refractivity contribution in [2.75, 3.05) is 18.4 Å². The molecule has 1 aliphatic rings. The highest BCUT2D eigenvalue weighted by Gasteiger charge is 2.31. The van der Waals surface area contributed by atoms with Crippen molar-refractivity contribution >= 4 is 33.0 Å². The summed E-state index contributed by atoms with van der Waals surface area (Å²) in [6, 6.07) is 8.32. The number of carbonyl (C=O) groups excluding carboxylic acids is 1. The van der Waals surface area contributed by atoms with Crippen LogP contribution in [-0.4, -0.2) is 31.7 Å². The van der Waals surface area contributed by atoms with Gasteiger partial charge in [0.25, 0.3) is 5.91 Å². The van der Waals surface area contributed by atoms with E-state index < -0.39 is 10.0 Å². The van der Waals surface area contributed by atoms with Crippen molar-refractivity contribution in [3.8, 4) is 0 Å². The van der Waals surface area contributed by atoms with Gasteiger partial charge in [0, 0.05) is 18.8 Å². The number of aryl methyl sites for hydroxylation is 1. The Bertz CT molecular complexity index is 878. The lowest BCUT2D eigenvalue weighted by Crippen LogP contribution is -2.42. The molecule has 1 aromatic heterocycles. The molecule has 140 valence electrons. The highest BCUT2D eigenvalue weighted by atomic mass is 32.2. The summed E-state index contributed by atoms with van der Waals surface area (Å²) in [5, 5.41) is 4.70. The molecular formula is C19H24N2O3S2. The monoisotopic (exact) mass is 392 g/mol. The van der Waals surface area contributed by atoms with E-state index in [2.05, 4.69) is 19.2 Å². The standard InChI is InChI=1S/C19H24N2O3S2/c1-13-10-14(2)12-21(11-13)26(23,24)17-6-4-16(5-7-17)20-19(22)18-15(3)8-9-25-18/h4-9,13-14H,10-12H2,1-3H3,(H,20,22)/t13-,14-/m1/s1. The first-order valence-electron chi connectivity index (χ1n) is 8.73. The number of sulfonamides is 1. The van der Waals surface area contributed by atoms with Crippen LogP contribution in [0.1, 0.15) is 35.5 Å². The van der Waals surface area contributed by atoms with E-state index in [4.69, 9.17) is 0 Å². The van der Waals surface area contributed by atoms with Gasteiger partial charge in [-0.05, 0) is 66.5 Å². The Morgan fingerprint density at radius 3 is 2.27 bits per heavy atom. The molecule has 2 aromatic rings. The van der Waals surface area contributed by atoms with Crippen molar-refractivity contribution in [1.29, 1.82) is 0 Å². The zero-order valence-electron chi connectivity index (χ0n) is 15.2. The maximum absolute atomic E-state index is 12.9. The maximum atomic E-state index is 12.9. The molecule has 26 heavy (non-hydrogen) atoms. The second-order valence-electron chi connectivity index (χ2n) is 7.18. The molecule has 2 atom stereocenters. The van der Waals surface area contributed by atoms with Crippen molar-refractivity contribution in [3.63, 3.8) is 0 Å². The molecule has 1 N–H and O–H groups in total. The topological polar surface area (TPSA) is 66.5 Å². The average molecular weight is 393 g/mol. The van der Waals surface area contributed by atoms with Crippen LogP contribution in [0.3, 0.4) is 0 Å². The number of benzene rings is 1. The van der Waals surface area contributed by atoms with Crippen molar-refractivity contribution in [1.82, 2.24) is 4.31 Å². The Morgan fingerprint density at radius 1 is 1.12 bits per heavy atom. The fourth-order valence-corrected chi connectivity index (χ4v) is 5.95. The predicted octanol–water partition coefficient (Wildman–Crippen LogP) is 3.98. The molecule has 1 aromatic carbocycles. The Morgan fingerprint density at radius 2 is 1.73 bits per heavy atom. The lowest BCUT2D eigenvalue weighted by Gasteiger charge is -2.34. The summed E-state index contributed by atoms with van der Waals surface area (Å²) in [6.07, 6.45) is 1.05. The van der Waals surface area contributed by atoms with Crippen LogP contribution in [-0.2, 0) is 10.0 Å². The number of nitrogens with zero attached hydrogens (tertiary/aromatic N) is 1. The third kappa shape index (κ3) is 4.00. The van der Waals surface area contributed by atoms with Crippen molar-refractivity contribution in [3.05, 3.63) is 46.2 Å². The first kappa shape index (κ1) is 19.1. The first-order chi connectivity index (χ1) is 12.3. The van der Waals surface area contributed by atoms with E-state index in [9.17, 15) is 13.2 Å². The molecule has 5 nitrogen and oxygen atoms in total. The quantitative estimate of drug-likeness (QED) is 0.856. The zero-order valence-corrected chi connectivity index (χ0v) is 16.9. The van der Waals surface area contributed by atoms with Gasteiger partial charge in [-0.3, -0.25) is 4.79 Å². The van der Waals surface area contributed by atoms with Crippen LogP contribution >= 0.6 is 11.3 Å². The van der Waals surface area contributed by atoms with Crippen molar-refractivity contribution < 1.29 is 13.2 Å². The van der Waals surface area contributed by atoms with Gasteiger partial charge in [0.15, 0.2) is 0 Å². The second kappa shape index (κ2) is 7.50. The predicted molar refractivity (Wildman–Crippen MR) is 105 cm³/mol. The highest BCUT2D eigenvalue weighted by molar-refractivity contribution is 7.89. The van der Waals surface area contributed by atoms with Crippen LogP contribution in [0.5, 0.6) is 0 Å². The van der Waals surface area contributed by atoms with Crippen molar-refractivity contribution in [2.24, 2.45) is 11.8 Å². The van der Waals surface area contributed by atoms with Crippen LogP contribution in [0.2, 0.25) is 0 Å². The van der Waals surface area contributed by atoms with Gasteiger partial charge in [-0.25, -0.2) is 8.42 Å². The fourth-order valence-electron chi connectivity index (χ4n) is 3.45. The molecular weight excluding hydrogens is 368 g/mol. The second-order valence-corrected chi connectivity index (χ2v) is 10.0. The summed E-state index contributed by atoms with van der Waals surface area (Å²) in [4.78, 5) is 13.2. The number of hydrogen-bond acceptors (Lipinski definition) is 4. The number of anilines is 1. The molecule has 0 aliphatic carbocycles. The number of carbonyl (C=O) groups is 1. The third-order valence-electron chi connectivity index (χ3n) is 4.65. The van der Waals surface area contributed by atoms with E-state index in [1.165, 1.54) is 11.3 Å². The number of piperidine rings is 1. The summed E-state index contributed by atoms with van der Waals surface area (Å²) in [5.74, 6) is 0.550. The van der Waals surface area contributed by atoms with E-state index in [0.29, 0.717) is 35.5 Å². The van der Waals surface area contributed by atoms with Crippen LogP contribution < -0.4 is 5.32 Å². The Hall–Kier alpha value is -1.70. The van der Waals surface area contributed by atoms with Gasteiger partial charge in [-0.15, -0.1) is 11.3 Å². The van der Waals surface area contributed by atoms with E-state index in [-0.39, 0.29) is 10.8 Å². The summed E-state index contributed by atoms with van der Waals surface area (Å²) < 4.78 is 27.3. The molecule has 0 unspecified atom stereocenters. The largest absolute Gasteiger partial charge is 0.321 e. The number of amides is 1. The van der Waals surface area contributed by atoms with Gasteiger partial charge in [-0.2, -0.15) is 4.31 Å². The summed E-state index contributed by atoms with van der Waals surface area (Å²) in [5.41, 5.74) is 1.52. The number of nitrogens with one attached hydrogen (secondary N) is 1. The molecule has 1 saturated heterocycles. The third-order valence-corrected chi connectivity index (χ3v) is 7.51. The molecule has 0 saturated carbocycles. The molecule has 0 bridgehead atoms. The first-order valence-corrected chi connectivity index (χ1v) is 11.0. The normalized spacial score (nSPS) is 21.5. The van der Waals surface area contributed by atoms with Gasteiger partial charge < -0.3 is 5.32 Å². The smallest absolute Gasteiger partial charge is 0.265 e. The summed E-state index contributed by atoms with van der Waals surface area (Å²) >= 11 is 1.39. The minimum atomic E-state index is -3.50. The minimum absolute atomic E-state index is 0.174. The molecule has 3 rings (SSSR count). The zero-order chi connectivity index (χ0) is 18.9. The van der Waals surface area contributed by atoms with Gasteiger partial charge in [0.2, 0.25) is 10.0 Å². The lowest BCUT2D eigenvalue weighted by molar-refractivity contribution is 0.103. The SMILES string of the molecule is Cc1ccsc1C(=O)Nc1ccc(S(=O)(=O)N2C[C@H](C)C[C@@H](C)C2)cc1. The summed E-state index contributed by atoms with van der Waals surface area (Å²) in [7, 11) is -3.50. The molecule has 1 aliphatic heterocycles. The van der Waals surface area contributed by atoms with E-state index in [0.717, 1.165) is 12.0 Å². The average Bonchev–Trinajstić information content (AvgIpc) is 3.00. The van der Waals surface area contributed by atoms with E-state index >= 15 is 0 Å². The molecule has 7 heteroatoms. The molecule has 0 radical (unpaired) electrons. The number of rotatable bonds is 4. The van der Waals surface area contributed by atoms with Gasteiger partial charge in [0.05, 0.1) is 9.77 Å². The van der Waals surface area contributed by atoms with Gasteiger partial charge in [-0.1, -0.05) is 13.8 Å². The Balaban J connectivity index is 1.74. The minimum Gasteiger partial charge on any atom is -0.321 e. The molecule has 1 fully saturated rings. The Labute approximate surface area is 159 Å². The van der Waals surface area contributed by atoms with Crippen LogP contribution in [0.25, 0.3) is 0 Å². The van der Waals surface area contributed by atoms with E-state index in [1.54, 1.807) is 28.6 Å². The number of hydrogen-bond donors (Lipinski definition) is 1. The molecule has 0 spiro atoms. The number of thiophene rings is 1. The highest BCUT2D eigenvalue weighted by Crippen LogP contribution is 2.27. The van der Waals surface area contributed by atoms with Gasteiger partial charge in [0.1, 0.15) is 0 Å². The maximum Gasteiger partial charge on any atom is 0.265 e. The summed E-state index contributed by atoms with van der Waals surface area (Å²) in [6.45, 7) is 7.18. The lowest BCUT2D eigenvalue weighted by atomic mass is 9.94. The van der Waals surface area contributed by atoms with Crippen LogP contribution in [0, 0.1) is 18.8 Å². The Kier molecular flexibility index (Phi) is 5.50. The van der Waals surface area contributed by atoms with Crippen molar-refractivity contribution in [2.45, 2.75) is 32.1 Å².